The van der Waals surface area contributed by atoms with E-state index in [4.69, 9.17) is 0 Å². The summed E-state index contributed by atoms with van der Waals surface area (Å²) in [5.74, 6) is 3.00. The van der Waals surface area contributed by atoms with Gasteiger partial charge in [0.2, 0.25) is 0 Å². The van der Waals surface area contributed by atoms with Crippen LogP contribution in [0.2, 0.25) is 0 Å². The van der Waals surface area contributed by atoms with Gasteiger partial charge in [0.1, 0.15) is 0 Å². The molecule has 2 atom stereocenters. The Kier molecular flexibility index (Phi) is 5.85. The van der Waals surface area contributed by atoms with Crippen LogP contribution in [0.3, 0.4) is 0 Å². The zero-order valence-corrected chi connectivity index (χ0v) is 29.3. The highest BCUT2D eigenvalue weighted by Crippen LogP contribution is 2.86. The summed E-state index contributed by atoms with van der Waals surface area (Å²) < 4.78 is 2.45. The smallest absolute Gasteiger partial charge is 0.0548 e. The number of anilines is 3. The standard InChI is InChI=1S/C50H40N2/c1-3-10-34(11-4-1)35-18-23-42(24-19-35)52-44-16-8-7-15-43(44)48-46(52)27-20-36-12-9-17-45(47(36)48)51(40-13-5-2-6-14-40)41-25-21-37(22-26-41)49-31-38-28-33-29-39(32-49)50(38,49)30-33/h1-27,33,38-39H,28-32H2. The molecule has 0 radical (unpaired) electrons. The van der Waals surface area contributed by atoms with Crippen LogP contribution < -0.4 is 4.90 Å². The van der Waals surface area contributed by atoms with E-state index in [-0.39, 0.29) is 0 Å². The van der Waals surface area contributed by atoms with E-state index in [0.29, 0.717) is 10.8 Å². The number of fused-ring (bicyclic) bond motifs is 6. The van der Waals surface area contributed by atoms with E-state index in [9.17, 15) is 0 Å². The average molecular weight is 669 g/mol. The van der Waals surface area contributed by atoms with Crippen molar-refractivity contribution in [2.24, 2.45) is 23.2 Å². The van der Waals surface area contributed by atoms with Gasteiger partial charge in [-0.05, 0) is 132 Å². The number of hydrogen-bond acceptors (Lipinski definition) is 1. The van der Waals surface area contributed by atoms with Gasteiger partial charge in [-0.1, -0.05) is 109 Å². The van der Waals surface area contributed by atoms with Crippen molar-refractivity contribution in [1.29, 1.82) is 0 Å². The third-order valence-corrected chi connectivity index (χ3v) is 14.2. The SMILES string of the molecule is c1ccc(-c2ccc(-n3c4ccccc4c4c5c(N(c6ccccc6)c6ccc(C78CC9CC%10CC(C7)C98C%10)cc6)cccc5ccc43)cc2)cc1. The highest BCUT2D eigenvalue weighted by atomic mass is 15.1. The Morgan fingerprint density at radius 3 is 1.92 bits per heavy atom. The lowest BCUT2D eigenvalue weighted by Gasteiger charge is -2.75. The number of benzene rings is 7. The molecule has 2 bridgehead atoms. The predicted molar refractivity (Wildman–Crippen MR) is 216 cm³/mol. The first-order valence-corrected chi connectivity index (χ1v) is 19.3. The maximum atomic E-state index is 2.50. The van der Waals surface area contributed by atoms with Gasteiger partial charge in [-0.2, -0.15) is 0 Å². The van der Waals surface area contributed by atoms with Crippen molar-refractivity contribution in [2.75, 3.05) is 4.90 Å². The van der Waals surface area contributed by atoms with E-state index in [1.807, 2.05) is 0 Å². The lowest BCUT2D eigenvalue weighted by molar-refractivity contribution is -0.205. The third-order valence-electron chi connectivity index (χ3n) is 14.2. The summed E-state index contributed by atoms with van der Waals surface area (Å²) in [6.07, 6.45) is 7.34. The predicted octanol–water partition coefficient (Wildman–Crippen LogP) is 13.2. The fourth-order valence-corrected chi connectivity index (χ4v) is 12.3. The fraction of sp³-hybridized carbons (Fsp3) is 0.200. The number of aromatic nitrogens is 1. The van der Waals surface area contributed by atoms with Crippen LogP contribution in [-0.2, 0) is 5.41 Å². The molecule has 8 aromatic rings. The summed E-state index contributed by atoms with van der Waals surface area (Å²) in [6.45, 7) is 0. The van der Waals surface area contributed by atoms with Gasteiger partial charge < -0.3 is 9.47 Å². The molecule has 2 unspecified atom stereocenters. The average Bonchev–Trinajstić information content (AvgIpc) is 3.85. The molecular formula is C50H40N2. The Morgan fingerprint density at radius 1 is 0.500 bits per heavy atom. The maximum Gasteiger partial charge on any atom is 0.0548 e. The fourth-order valence-electron chi connectivity index (χ4n) is 12.3. The van der Waals surface area contributed by atoms with Gasteiger partial charge in [0.05, 0.1) is 16.7 Å². The molecule has 250 valence electrons. The molecular weight excluding hydrogens is 629 g/mol. The van der Waals surface area contributed by atoms with Crippen molar-refractivity contribution in [3.8, 4) is 16.8 Å². The summed E-state index contributed by atoms with van der Waals surface area (Å²) in [5.41, 5.74) is 12.4. The van der Waals surface area contributed by atoms with Gasteiger partial charge in [-0.3, -0.25) is 0 Å². The van der Waals surface area contributed by atoms with Gasteiger partial charge in [-0.15, -0.1) is 0 Å². The second-order valence-electron chi connectivity index (χ2n) is 16.3. The monoisotopic (exact) mass is 668 g/mol. The van der Waals surface area contributed by atoms with Gasteiger partial charge in [0, 0.05) is 38.6 Å². The van der Waals surface area contributed by atoms with Crippen LogP contribution in [0.5, 0.6) is 0 Å². The van der Waals surface area contributed by atoms with Crippen LogP contribution in [0.4, 0.5) is 17.1 Å². The van der Waals surface area contributed by atoms with E-state index in [1.165, 1.54) is 98.6 Å². The molecule has 4 aliphatic rings. The van der Waals surface area contributed by atoms with E-state index in [0.717, 1.165) is 17.8 Å². The van der Waals surface area contributed by atoms with Crippen molar-refractivity contribution in [1.82, 2.24) is 4.57 Å². The Hall–Kier alpha value is -5.60. The largest absolute Gasteiger partial charge is 0.310 e. The van der Waals surface area contributed by atoms with Gasteiger partial charge in [0.15, 0.2) is 0 Å². The lowest BCUT2D eigenvalue weighted by Crippen LogP contribution is -2.70. The summed E-state index contributed by atoms with van der Waals surface area (Å²) in [5, 5.41) is 5.10. The number of para-hydroxylation sites is 2. The summed E-state index contributed by atoms with van der Waals surface area (Å²) >= 11 is 0. The van der Waals surface area contributed by atoms with Crippen LogP contribution in [0.25, 0.3) is 49.4 Å². The minimum atomic E-state index is 0.441. The quantitative estimate of drug-likeness (QED) is 0.171. The molecule has 0 aliphatic heterocycles. The lowest BCUT2D eigenvalue weighted by atomic mass is 9.29. The Morgan fingerprint density at radius 2 is 1.17 bits per heavy atom. The molecule has 1 spiro atoms. The molecule has 1 heterocycles. The minimum absolute atomic E-state index is 0.441. The van der Waals surface area contributed by atoms with Crippen molar-refractivity contribution in [3.05, 3.63) is 169 Å². The molecule has 4 fully saturated rings. The first kappa shape index (κ1) is 29.0. The van der Waals surface area contributed by atoms with Crippen molar-refractivity contribution < 1.29 is 0 Å². The van der Waals surface area contributed by atoms with E-state index in [2.05, 4.69) is 173 Å². The second-order valence-corrected chi connectivity index (χ2v) is 16.3. The molecule has 2 heteroatoms. The molecule has 0 saturated heterocycles. The van der Waals surface area contributed by atoms with Crippen LogP contribution in [0.15, 0.2) is 164 Å². The number of hydrogen-bond donors (Lipinski definition) is 0. The number of rotatable bonds is 6. The molecule has 52 heavy (non-hydrogen) atoms. The zero-order valence-electron chi connectivity index (χ0n) is 29.3. The van der Waals surface area contributed by atoms with Crippen molar-refractivity contribution in [3.63, 3.8) is 0 Å². The summed E-state index contributed by atoms with van der Waals surface area (Å²) in [6, 6.07) is 60.9. The molecule has 4 aliphatic carbocycles. The van der Waals surface area contributed by atoms with E-state index < -0.39 is 0 Å². The molecule has 12 rings (SSSR count). The van der Waals surface area contributed by atoms with Crippen molar-refractivity contribution in [2.45, 2.75) is 37.5 Å². The first-order valence-electron chi connectivity index (χ1n) is 19.3. The number of nitrogens with zero attached hydrogens (tertiary/aromatic N) is 2. The second kappa shape index (κ2) is 10.5. The minimum Gasteiger partial charge on any atom is -0.310 e. The highest BCUT2D eigenvalue weighted by molar-refractivity contribution is 6.25. The molecule has 0 N–H and O–H groups in total. The van der Waals surface area contributed by atoms with Gasteiger partial charge >= 0.3 is 0 Å². The van der Waals surface area contributed by atoms with Gasteiger partial charge in [-0.25, -0.2) is 0 Å². The third kappa shape index (κ3) is 3.70. The maximum absolute atomic E-state index is 2.50. The molecule has 7 aromatic carbocycles. The summed E-state index contributed by atoms with van der Waals surface area (Å²) in [4.78, 5) is 2.50. The van der Waals surface area contributed by atoms with Crippen LogP contribution in [0.1, 0.15) is 37.7 Å². The molecule has 1 aromatic heterocycles. The van der Waals surface area contributed by atoms with Crippen LogP contribution in [-0.4, -0.2) is 4.57 Å². The van der Waals surface area contributed by atoms with Gasteiger partial charge in [0.25, 0.3) is 0 Å². The van der Waals surface area contributed by atoms with Crippen molar-refractivity contribution >= 4 is 49.6 Å². The molecule has 4 saturated carbocycles. The molecule has 0 amide bonds. The van der Waals surface area contributed by atoms with Crippen LogP contribution >= 0.6 is 0 Å². The first-order chi connectivity index (χ1) is 25.7. The Bertz CT molecular complexity index is 2650. The van der Waals surface area contributed by atoms with E-state index in [1.54, 1.807) is 5.56 Å². The van der Waals surface area contributed by atoms with Crippen LogP contribution in [0, 0.1) is 23.2 Å². The Labute approximate surface area is 305 Å². The van der Waals surface area contributed by atoms with E-state index >= 15 is 0 Å². The summed E-state index contributed by atoms with van der Waals surface area (Å²) in [7, 11) is 0. The zero-order chi connectivity index (χ0) is 34.0. The highest BCUT2D eigenvalue weighted by Gasteiger charge is 2.81. The molecule has 2 nitrogen and oxygen atoms in total. The topological polar surface area (TPSA) is 8.17 Å². The normalized spacial score (nSPS) is 25.3. The Balaban J connectivity index is 1.04.